The second kappa shape index (κ2) is 8.41. The first-order valence-corrected chi connectivity index (χ1v) is 9.46. The summed E-state index contributed by atoms with van der Waals surface area (Å²) in [5.74, 6) is 5.04. The topological polar surface area (TPSA) is 12.0 Å². The molecule has 0 aromatic heterocycles. The molecule has 2 aliphatic rings. The van der Waals surface area contributed by atoms with Crippen LogP contribution in [-0.4, -0.2) is 13.1 Å². The Hall–Kier alpha value is -0.0400. The van der Waals surface area contributed by atoms with E-state index in [0.29, 0.717) is 0 Å². The van der Waals surface area contributed by atoms with Crippen molar-refractivity contribution in [3.05, 3.63) is 0 Å². The molecule has 5 unspecified atom stereocenters. The molecule has 1 nitrogen and oxygen atoms in total. The number of hydrogen-bond donors (Lipinski definition) is 1. The van der Waals surface area contributed by atoms with E-state index < -0.39 is 0 Å². The SMILES string of the molecule is CCCNCC1CCC(C)CC1C1CCCCC1CC. The average molecular weight is 280 g/mol. The highest BCUT2D eigenvalue weighted by Gasteiger charge is 2.38. The molecule has 1 N–H and O–H groups in total. The first-order valence-electron chi connectivity index (χ1n) is 9.46. The van der Waals surface area contributed by atoms with Gasteiger partial charge < -0.3 is 5.32 Å². The van der Waals surface area contributed by atoms with E-state index >= 15 is 0 Å². The van der Waals surface area contributed by atoms with Crippen LogP contribution in [0.3, 0.4) is 0 Å². The van der Waals surface area contributed by atoms with Crippen LogP contribution in [0.2, 0.25) is 0 Å². The van der Waals surface area contributed by atoms with E-state index in [1.807, 2.05) is 0 Å². The molecule has 20 heavy (non-hydrogen) atoms. The first kappa shape index (κ1) is 16.3. The van der Waals surface area contributed by atoms with Crippen LogP contribution < -0.4 is 5.32 Å². The minimum atomic E-state index is 0.967. The van der Waals surface area contributed by atoms with E-state index in [-0.39, 0.29) is 0 Å². The number of nitrogens with one attached hydrogen (secondary N) is 1. The van der Waals surface area contributed by atoms with E-state index in [1.165, 1.54) is 70.9 Å². The van der Waals surface area contributed by atoms with E-state index in [1.54, 1.807) is 0 Å². The highest BCUT2D eigenvalue weighted by Crippen LogP contribution is 2.46. The predicted molar refractivity (Wildman–Crippen MR) is 88.9 cm³/mol. The first-order chi connectivity index (χ1) is 9.76. The van der Waals surface area contributed by atoms with E-state index in [0.717, 1.165) is 29.6 Å². The predicted octanol–water partition coefficient (Wildman–Crippen LogP) is 5.25. The highest BCUT2D eigenvalue weighted by molar-refractivity contribution is 4.88. The van der Waals surface area contributed by atoms with Gasteiger partial charge in [-0.3, -0.25) is 0 Å². The van der Waals surface area contributed by atoms with Crippen molar-refractivity contribution in [3.8, 4) is 0 Å². The van der Waals surface area contributed by atoms with Gasteiger partial charge in [0, 0.05) is 0 Å². The molecule has 2 rings (SSSR count). The maximum Gasteiger partial charge on any atom is -0.00178 e. The Balaban J connectivity index is 1.98. The molecule has 0 aromatic rings. The second-order valence-corrected chi connectivity index (χ2v) is 7.66. The lowest BCUT2D eigenvalue weighted by Gasteiger charge is -2.45. The highest BCUT2D eigenvalue weighted by atomic mass is 14.9. The van der Waals surface area contributed by atoms with Crippen LogP contribution >= 0.6 is 0 Å². The Morgan fingerprint density at radius 3 is 2.45 bits per heavy atom. The lowest BCUT2D eigenvalue weighted by molar-refractivity contribution is 0.0604. The molecule has 0 aromatic carbocycles. The quantitative estimate of drug-likeness (QED) is 0.654. The van der Waals surface area contributed by atoms with Crippen molar-refractivity contribution < 1.29 is 0 Å². The third-order valence-corrected chi connectivity index (χ3v) is 6.19. The van der Waals surface area contributed by atoms with E-state index in [9.17, 15) is 0 Å². The number of rotatable bonds is 6. The minimum Gasteiger partial charge on any atom is -0.316 e. The molecule has 2 saturated carbocycles. The molecule has 2 fully saturated rings. The molecule has 118 valence electrons. The van der Waals surface area contributed by atoms with Gasteiger partial charge in [-0.25, -0.2) is 0 Å². The molecule has 0 saturated heterocycles. The second-order valence-electron chi connectivity index (χ2n) is 7.66. The molecule has 0 amide bonds. The molecule has 0 spiro atoms. The molecule has 0 aliphatic heterocycles. The van der Waals surface area contributed by atoms with Crippen LogP contribution in [0.25, 0.3) is 0 Å². The Bertz CT molecular complexity index is 262. The zero-order valence-corrected chi connectivity index (χ0v) is 14.2. The summed E-state index contributed by atoms with van der Waals surface area (Å²) in [4.78, 5) is 0. The van der Waals surface area contributed by atoms with Crippen molar-refractivity contribution in [2.45, 2.75) is 78.6 Å². The smallest absolute Gasteiger partial charge is 0.00178 e. The van der Waals surface area contributed by atoms with Crippen LogP contribution in [0.4, 0.5) is 0 Å². The fraction of sp³-hybridized carbons (Fsp3) is 1.00. The van der Waals surface area contributed by atoms with Crippen LogP contribution in [0, 0.1) is 29.6 Å². The van der Waals surface area contributed by atoms with Gasteiger partial charge >= 0.3 is 0 Å². The zero-order chi connectivity index (χ0) is 14.4. The Kier molecular flexibility index (Phi) is 6.87. The molecule has 2 aliphatic carbocycles. The largest absolute Gasteiger partial charge is 0.316 e. The normalized spacial score (nSPS) is 38.9. The summed E-state index contributed by atoms with van der Waals surface area (Å²) in [6, 6.07) is 0. The third kappa shape index (κ3) is 4.23. The summed E-state index contributed by atoms with van der Waals surface area (Å²) in [7, 11) is 0. The van der Waals surface area contributed by atoms with Gasteiger partial charge in [0.2, 0.25) is 0 Å². The minimum absolute atomic E-state index is 0.967. The van der Waals surface area contributed by atoms with Gasteiger partial charge in [-0.2, -0.15) is 0 Å². The van der Waals surface area contributed by atoms with Crippen molar-refractivity contribution in [1.82, 2.24) is 5.32 Å². The third-order valence-electron chi connectivity index (χ3n) is 6.19. The van der Waals surface area contributed by atoms with Crippen molar-refractivity contribution in [2.24, 2.45) is 29.6 Å². The lowest BCUT2D eigenvalue weighted by Crippen LogP contribution is -2.40. The molecular weight excluding hydrogens is 242 g/mol. The maximum atomic E-state index is 3.72. The Morgan fingerprint density at radius 1 is 0.900 bits per heavy atom. The summed E-state index contributed by atoms with van der Waals surface area (Å²) in [6.07, 6.45) is 13.2. The molecule has 0 radical (unpaired) electrons. The van der Waals surface area contributed by atoms with Crippen LogP contribution in [0.15, 0.2) is 0 Å². The molecule has 0 heterocycles. The van der Waals surface area contributed by atoms with E-state index in [2.05, 4.69) is 26.1 Å². The molecule has 1 heteroatoms. The van der Waals surface area contributed by atoms with E-state index in [4.69, 9.17) is 0 Å². The van der Waals surface area contributed by atoms with Crippen LogP contribution in [0.1, 0.15) is 78.6 Å². The fourth-order valence-electron chi connectivity index (χ4n) is 5.04. The van der Waals surface area contributed by atoms with Gasteiger partial charge in [-0.1, -0.05) is 52.9 Å². The summed E-state index contributed by atoms with van der Waals surface area (Å²) >= 11 is 0. The summed E-state index contributed by atoms with van der Waals surface area (Å²) in [5, 5.41) is 3.72. The standard InChI is InChI=1S/C19H37N/c1-4-12-20-14-17-11-10-15(3)13-19(17)18-9-7-6-8-16(18)5-2/h15-20H,4-14H2,1-3H3. The van der Waals surface area contributed by atoms with Crippen molar-refractivity contribution in [2.75, 3.05) is 13.1 Å². The zero-order valence-electron chi connectivity index (χ0n) is 14.2. The molecule has 5 atom stereocenters. The van der Waals surface area contributed by atoms with Gasteiger partial charge in [0.05, 0.1) is 0 Å². The summed E-state index contributed by atoms with van der Waals surface area (Å²) < 4.78 is 0. The summed E-state index contributed by atoms with van der Waals surface area (Å²) in [5.41, 5.74) is 0. The Morgan fingerprint density at radius 2 is 1.70 bits per heavy atom. The number of hydrogen-bond acceptors (Lipinski definition) is 1. The van der Waals surface area contributed by atoms with Gasteiger partial charge in [0.15, 0.2) is 0 Å². The van der Waals surface area contributed by atoms with Gasteiger partial charge in [-0.05, 0) is 68.4 Å². The van der Waals surface area contributed by atoms with Crippen molar-refractivity contribution in [1.29, 1.82) is 0 Å². The van der Waals surface area contributed by atoms with Gasteiger partial charge in [-0.15, -0.1) is 0 Å². The van der Waals surface area contributed by atoms with Crippen molar-refractivity contribution >= 4 is 0 Å². The van der Waals surface area contributed by atoms with Crippen LogP contribution in [-0.2, 0) is 0 Å². The lowest BCUT2D eigenvalue weighted by atomic mass is 9.62. The van der Waals surface area contributed by atoms with Gasteiger partial charge in [0.1, 0.15) is 0 Å². The van der Waals surface area contributed by atoms with Crippen molar-refractivity contribution in [3.63, 3.8) is 0 Å². The fourth-order valence-corrected chi connectivity index (χ4v) is 5.04. The van der Waals surface area contributed by atoms with Gasteiger partial charge in [0.25, 0.3) is 0 Å². The monoisotopic (exact) mass is 279 g/mol. The maximum absolute atomic E-state index is 3.72. The Labute approximate surface area is 127 Å². The van der Waals surface area contributed by atoms with Crippen LogP contribution in [0.5, 0.6) is 0 Å². The molecular formula is C19H37N. The average Bonchev–Trinajstić information content (AvgIpc) is 2.49. The molecule has 0 bridgehead atoms. The summed E-state index contributed by atoms with van der Waals surface area (Å²) in [6.45, 7) is 9.70.